The molecule has 118 valence electrons. The molecule has 0 saturated heterocycles. The summed E-state index contributed by atoms with van der Waals surface area (Å²) in [7, 11) is -3.67. The minimum absolute atomic E-state index is 0.0631. The van der Waals surface area contributed by atoms with Crippen LogP contribution in [-0.4, -0.2) is 21.5 Å². The van der Waals surface area contributed by atoms with E-state index in [0.29, 0.717) is 23.2 Å². The molecule has 0 atom stereocenters. The Hall–Kier alpha value is -1.64. The highest BCUT2D eigenvalue weighted by Gasteiger charge is 2.06. The first kappa shape index (κ1) is 16.7. The van der Waals surface area contributed by atoms with E-state index in [4.69, 9.17) is 5.14 Å². The average Bonchev–Trinajstić information content (AvgIpc) is 2.45. The smallest absolute Gasteiger partial charge is 0.238 e. The molecule has 22 heavy (non-hydrogen) atoms. The zero-order chi connectivity index (χ0) is 16.2. The molecule has 0 unspecified atom stereocenters. The van der Waals surface area contributed by atoms with Gasteiger partial charge in [0.1, 0.15) is 5.82 Å². The molecule has 0 fully saturated rings. The number of anilines is 2. The van der Waals surface area contributed by atoms with E-state index in [2.05, 4.69) is 26.6 Å². The van der Waals surface area contributed by atoms with Gasteiger partial charge in [-0.2, -0.15) is 0 Å². The fourth-order valence-corrected chi connectivity index (χ4v) is 2.65. The summed E-state index contributed by atoms with van der Waals surface area (Å²) in [6.07, 6.45) is 0. The highest BCUT2D eigenvalue weighted by atomic mass is 79.9. The Labute approximate surface area is 136 Å². The fraction of sp³-hybridized carbons (Fsp3) is 0.143. The normalized spacial score (nSPS) is 11.2. The first-order valence-electron chi connectivity index (χ1n) is 6.42. The van der Waals surface area contributed by atoms with E-state index >= 15 is 0 Å². The zero-order valence-corrected chi connectivity index (χ0v) is 13.9. The number of hydrogen-bond acceptors (Lipinski definition) is 4. The maximum Gasteiger partial charge on any atom is 0.238 e. The molecule has 2 aromatic rings. The van der Waals surface area contributed by atoms with Crippen molar-refractivity contribution in [3.63, 3.8) is 0 Å². The van der Waals surface area contributed by atoms with Gasteiger partial charge in [0, 0.05) is 23.2 Å². The van der Waals surface area contributed by atoms with Gasteiger partial charge in [0.05, 0.1) is 10.6 Å². The third-order valence-electron chi connectivity index (χ3n) is 2.88. The zero-order valence-electron chi connectivity index (χ0n) is 11.5. The molecule has 0 aliphatic carbocycles. The Morgan fingerprint density at radius 1 is 1.05 bits per heavy atom. The highest BCUT2D eigenvalue weighted by molar-refractivity contribution is 9.10. The maximum absolute atomic E-state index is 13.6. The molecule has 2 aromatic carbocycles. The summed E-state index contributed by atoms with van der Waals surface area (Å²) in [4.78, 5) is 0.0631. The van der Waals surface area contributed by atoms with Crippen molar-refractivity contribution in [3.05, 3.63) is 52.8 Å². The molecule has 0 aliphatic rings. The van der Waals surface area contributed by atoms with Crippen LogP contribution in [-0.2, 0) is 10.0 Å². The van der Waals surface area contributed by atoms with E-state index in [1.165, 1.54) is 18.2 Å². The van der Waals surface area contributed by atoms with E-state index in [1.54, 1.807) is 24.3 Å². The monoisotopic (exact) mass is 387 g/mol. The van der Waals surface area contributed by atoms with Crippen LogP contribution in [0.3, 0.4) is 0 Å². The molecular formula is C14H15BrFN3O2S. The second kappa shape index (κ2) is 7.08. The number of benzene rings is 2. The van der Waals surface area contributed by atoms with E-state index < -0.39 is 10.0 Å². The molecule has 0 bridgehead atoms. The summed E-state index contributed by atoms with van der Waals surface area (Å²) in [5.74, 6) is -0.327. The molecule has 0 aromatic heterocycles. The lowest BCUT2D eigenvalue weighted by molar-refractivity contribution is 0.598. The van der Waals surface area contributed by atoms with Crippen molar-refractivity contribution < 1.29 is 12.8 Å². The van der Waals surface area contributed by atoms with E-state index in [1.807, 2.05) is 0 Å². The summed E-state index contributed by atoms with van der Waals surface area (Å²) in [5.41, 5.74) is 1.18. The van der Waals surface area contributed by atoms with Crippen molar-refractivity contribution in [3.8, 4) is 0 Å². The molecule has 0 saturated carbocycles. The number of halogens is 2. The molecule has 4 N–H and O–H groups in total. The van der Waals surface area contributed by atoms with Gasteiger partial charge in [-0.25, -0.2) is 17.9 Å². The predicted molar refractivity (Wildman–Crippen MR) is 88.9 cm³/mol. The summed E-state index contributed by atoms with van der Waals surface area (Å²) in [5, 5.41) is 11.1. The minimum atomic E-state index is -3.67. The van der Waals surface area contributed by atoms with Gasteiger partial charge in [-0.3, -0.25) is 0 Å². The largest absolute Gasteiger partial charge is 0.383 e. The van der Waals surface area contributed by atoms with Gasteiger partial charge < -0.3 is 10.6 Å². The summed E-state index contributed by atoms with van der Waals surface area (Å²) in [6, 6.07) is 10.9. The Morgan fingerprint density at radius 2 is 1.68 bits per heavy atom. The van der Waals surface area contributed by atoms with Crippen molar-refractivity contribution in [1.82, 2.24) is 0 Å². The number of nitrogens with one attached hydrogen (secondary N) is 2. The molecule has 0 heterocycles. The predicted octanol–water partition coefficient (Wildman–Crippen LogP) is 2.76. The molecule has 2 rings (SSSR count). The lowest BCUT2D eigenvalue weighted by Gasteiger charge is -2.10. The third kappa shape index (κ3) is 4.69. The summed E-state index contributed by atoms with van der Waals surface area (Å²) < 4.78 is 36.5. The second-order valence-corrected chi connectivity index (χ2v) is 7.02. The van der Waals surface area contributed by atoms with Crippen LogP contribution in [0.1, 0.15) is 0 Å². The van der Waals surface area contributed by atoms with E-state index in [9.17, 15) is 12.8 Å². The molecule has 0 radical (unpaired) electrons. The fourth-order valence-electron chi connectivity index (χ4n) is 1.80. The van der Waals surface area contributed by atoms with Crippen molar-refractivity contribution in [2.24, 2.45) is 5.14 Å². The van der Waals surface area contributed by atoms with Crippen LogP contribution in [0.15, 0.2) is 51.8 Å². The SMILES string of the molecule is NS(=O)(=O)c1ccc(NCCNc2ccc(Br)cc2F)cc1. The Bertz CT molecular complexity index is 751. The van der Waals surface area contributed by atoms with Crippen LogP contribution in [0.25, 0.3) is 0 Å². The van der Waals surface area contributed by atoms with Crippen molar-refractivity contribution >= 4 is 37.3 Å². The Kier molecular flexibility index (Phi) is 5.38. The molecule has 0 spiro atoms. The summed E-state index contributed by atoms with van der Waals surface area (Å²) in [6.45, 7) is 1.06. The number of primary sulfonamides is 1. The topological polar surface area (TPSA) is 84.2 Å². The van der Waals surface area contributed by atoms with Gasteiger partial charge in [0.15, 0.2) is 0 Å². The average molecular weight is 388 g/mol. The van der Waals surface area contributed by atoms with Gasteiger partial charge in [-0.1, -0.05) is 15.9 Å². The van der Waals surface area contributed by atoms with Gasteiger partial charge >= 0.3 is 0 Å². The molecule has 0 aliphatic heterocycles. The van der Waals surface area contributed by atoms with E-state index in [-0.39, 0.29) is 10.7 Å². The highest BCUT2D eigenvalue weighted by Crippen LogP contribution is 2.19. The number of nitrogens with two attached hydrogens (primary N) is 1. The first-order valence-corrected chi connectivity index (χ1v) is 8.76. The number of hydrogen-bond donors (Lipinski definition) is 3. The number of sulfonamides is 1. The standard InChI is InChI=1S/C14H15BrFN3O2S/c15-10-1-6-14(13(16)9-10)19-8-7-18-11-2-4-12(5-3-11)22(17,20)21/h1-6,9,18-19H,7-8H2,(H2,17,20,21). The van der Waals surface area contributed by atoms with Crippen LogP contribution >= 0.6 is 15.9 Å². The van der Waals surface area contributed by atoms with Crippen LogP contribution in [0.5, 0.6) is 0 Å². The van der Waals surface area contributed by atoms with Gasteiger partial charge in [0.25, 0.3) is 0 Å². The molecular weight excluding hydrogens is 373 g/mol. The molecule has 5 nitrogen and oxygen atoms in total. The lowest BCUT2D eigenvalue weighted by atomic mass is 10.3. The molecule has 8 heteroatoms. The third-order valence-corrected chi connectivity index (χ3v) is 4.31. The molecule has 0 amide bonds. The number of rotatable bonds is 6. The van der Waals surface area contributed by atoms with Crippen LogP contribution in [0.2, 0.25) is 0 Å². The van der Waals surface area contributed by atoms with Crippen molar-refractivity contribution in [2.75, 3.05) is 23.7 Å². The van der Waals surface area contributed by atoms with Crippen LogP contribution in [0.4, 0.5) is 15.8 Å². The van der Waals surface area contributed by atoms with Crippen LogP contribution < -0.4 is 15.8 Å². The van der Waals surface area contributed by atoms with Crippen molar-refractivity contribution in [1.29, 1.82) is 0 Å². The second-order valence-electron chi connectivity index (χ2n) is 4.55. The van der Waals surface area contributed by atoms with Gasteiger partial charge in [-0.05, 0) is 42.5 Å². The quantitative estimate of drug-likeness (QED) is 0.665. The van der Waals surface area contributed by atoms with Crippen LogP contribution in [0, 0.1) is 5.82 Å². The van der Waals surface area contributed by atoms with Gasteiger partial charge in [-0.15, -0.1) is 0 Å². The lowest BCUT2D eigenvalue weighted by Crippen LogP contribution is -2.15. The Morgan fingerprint density at radius 3 is 2.27 bits per heavy atom. The Balaban J connectivity index is 1.84. The van der Waals surface area contributed by atoms with Crippen molar-refractivity contribution in [2.45, 2.75) is 4.90 Å². The minimum Gasteiger partial charge on any atom is -0.383 e. The summed E-state index contributed by atoms with van der Waals surface area (Å²) >= 11 is 3.20. The first-order chi connectivity index (χ1) is 10.4. The van der Waals surface area contributed by atoms with E-state index in [0.717, 1.165) is 5.69 Å². The van der Waals surface area contributed by atoms with Gasteiger partial charge in [0.2, 0.25) is 10.0 Å². The maximum atomic E-state index is 13.6.